The Balaban J connectivity index is 1.03. The molecule has 3 saturated carbocycles. The Bertz CT molecular complexity index is 1470. The Morgan fingerprint density at radius 2 is 1.77 bits per heavy atom. The number of aromatic carboxylic acids is 1. The van der Waals surface area contributed by atoms with Crippen LogP contribution in [0.5, 0.6) is 0 Å². The van der Waals surface area contributed by atoms with Gasteiger partial charge in [-0.15, -0.1) is 0 Å². The van der Waals surface area contributed by atoms with Crippen molar-refractivity contribution in [3.63, 3.8) is 0 Å². The molecule has 7 nitrogen and oxygen atoms in total. The fourth-order valence-electron chi connectivity index (χ4n) is 8.29. The van der Waals surface area contributed by atoms with Gasteiger partial charge >= 0.3 is 5.97 Å². The molecule has 3 heterocycles. The first kappa shape index (κ1) is 25.4. The number of carbonyl (C=O) groups excluding carboxylic acids is 2. The zero-order valence-electron chi connectivity index (χ0n) is 23.0. The summed E-state index contributed by atoms with van der Waals surface area (Å²) in [5, 5.41) is 13.6. The number of piperidine rings is 2. The van der Waals surface area contributed by atoms with Crippen LogP contribution in [0.25, 0.3) is 10.9 Å². The summed E-state index contributed by atoms with van der Waals surface area (Å²) in [5.74, 6) is 0.634. The normalized spacial score (nSPS) is 27.6. The van der Waals surface area contributed by atoms with E-state index in [2.05, 4.69) is 46.5 Å². The SMILES string of the molecule is CC(CC(=O)N1C2CC3CC1CC(C(=O)NCc1ccc(C(=O)O)cc1)(C3)C2)c1c[nH]c2cccc(C3CC3)c12. The summed E-state index contributed by atoms with van der Waals surface area (Å²) in [6.45, 7) is 2.56. The average molecular weight is 540 g/mol. The summed E-state index contributed by atoms with van der Waals surface area (Å²) in [4.78, 5) is 44.1. The van der Waals surface area contributed by atoms with Crippen LogP contribution in [0, 0.1) is 11.3 Å². The summed E-state index contributed by atoms with van der Waals surface area (Å²) in [5.41, 5.74) is 4.56. The molecule has 2 saturated heterocycles. The second-order valence-electron chi connectivity index (χ2n) is 12.9. The quantitative estimate of drug-likeness (QED) is 0.341. The maximum atomic E-state index is 13.8. The first-order valence-electron chi connectivity index (χ1n) is 14.8. The zero-order chi connectivity index (χ0) is 27.6. The number of amides is 2. The molecule has 3 aromatic rings. The van der Waals surface area contributed by atoms with Gasteiger partial charge in [-0.25, -0.2) is 4.79 Å². The Labute approximate surface area is 234 Å². The van der Waals surface area contributed by atoms with E-state index in [1.807, 2.05) is 0 Å². The van der Waals surface area contributed by atoms with Gasteiger partial charge in [0.1, 0.15) is 0 Å². The summed E-state index contributed by atoms with van der Waals surface area (Å²) in [6, 6.07) is 13.4. The molecule has 0 spiro atoms. The first-order valence-corrected chi connectivity index (χ1v) is 14.8. The third-order valence-electron chi connectivity index (χ3n) is 10.2. The summed E-state index contributed by atoms with van der Waals surface area (Å²) in [6.07, 6.45) is 9.49. The number of carboxylic acid groups (broad SMARTS) is 1. The average Bonchev–Trinajstić information content (AvgIpc) is 3.68. The van der Waals surface area contributed by atoms with Gasteiger partial charge in [-0.3, -0.25) is 9.59 Å². The van der Waals surface area contributed by atoms with E-state index < -0.39 is 11.4 Å². The maximum Gasteiger partial charge on any atom is 0.335 e. The molecule has 208 valence electrons. The monoisotopic (exact) mass is 539 g/mol. The highest BCUT2D eigenvalue weighted by Crippen LogP contribution is 2.56. The Morgan fingerprint density at radius 3 is 2.45 bits per heavy atom. The Hall–Kier alpha value is -3.61. The summed E-state index contributed by atoms with van der Waals surface area (Å²) < 4.78 is 0. The molecular formula is C33H37N3O4. The fourth-order valence-corrected chi connectivity index (χ4v) is 8.29. The number of benzene rings is 2. The second-order valence-corrected chi connectivity index (χ2v) is 12.9. The minimum Gasteiger partial charge on any atom is -0.478 e. The lowest BCUT2D eigenvalue weighted by atomic mass is 9.55. The molecule has 7 heteroatoms. The van der Waals surface area contributed by atoms with Crippen LogP contribution in [0.2, 0.25) is 0 Å². The van der Waals surface area contributed by atoms with Crippen LogP contribution in [0.3, 0.4) is 0 Å². The number of H-pyrrole nitrogens is 1. The Morgan fingerprint density at radius 1 is 1.05 bits per heavy atom. The van der Waals surface area contributed by atoms with Crippen molar-refractivity contribution in [1.29, 1.82) is 0 Å². The minimum absolute atomic E-state index is 0.0843. The van der Waals surface area contributed by atoms with Crippen LogP contribution < -0.4 is 5.32 Å². The number of nitrogens with zero attached hydrogens (tertiary/aromatic N) is 1. The molecule has 2 aliphatic heterocycles. The summed E-state index contributed by atoms with van der Waals surface area (Å²) >= 11 is 0. The van der Waals surface area contributed by atoms with Gasteiger partial charge < -0.3 is 20.3 Å². The number of aromatic nitrogens is 1. The van der Waals surface area contributed by atoms with Gasteiger partial charge in [0.15, 0.2) is 0 Å². The molecule has 3 unspecified atom stereocenters. The number of aromatic amines is 1. The Kier molecular flexibility index (Phi) is 6.02. The molecule has 3 aliphatic carbocycles. The van der Waals surface area contributed by atoms with Crippen LogP contribution in [-0.4, -0.2) is 44.9 Å². The number of nitrogens with one attached hydrogen (secondary N) is 2. The number of fused-ring (bicyclic) bond motifs is 1. The van der Waals surface area contributed by atoms with Crippen molar-refractivity contribution in [3.05, 3.63) is 70.9 Å². The molecule has 3 atom stereocenters. The predicted octanol–water partition coefficient (Wildman–Crippen LogP) is 5.71. The predicted molar refractivity (Wildman–Crippen MR) is 152 cm³/mol. The van der Waals surface area contributed by atoms with E-state index in [0.717, 1.165) is 37.7 Å². The highest BCUT2D eigenvalue weighted by molar-refractivity contribution is 5.89. The van der Waals surface area contributed by atoms with Gasteiger partial charge in [-0.05, 0) is 97.6 Å². The van der Waals surface area contributed by atoms with E-state index in [1.165, 1.54) is 34.9 Å². The van der Waals surface area contributed by atoms with Gasteiger partial charge in [0.05, 0.1) is 11.0 Å². The second kappa shape index (κ2) is 9.50. The van der Waals surface area contributed by atoms with Crippen molar-refractivity contribution >= 4 is 28.7 Å². The zero-order valence-corrected chi connectivity index (χ0v) is 23.0. The number of rotatable bonds is 8. The lowest BCUT2D eigenvalue weighted by molar-refractivity contribution is -0.167. The summed E-state index contributed by atoms with van der Waals surface area (Å²) in [7, 11) is 0. The van der Waals surface area contributed by atoms with E-state index >= 15 is 0 Å². The molecule has 2 aromatic carbocycles. The van der Waals surface area contributed by atoms with Gasteiger partial charge in [-0.2, -0.15) is 0 Å². The molecule has 8 rings (SSSR count). The van der Waals surface area contributed by atoms with E-state index in [9.17, 15) is 14.4 Å². The van der Waals surface area contributed by atoms with Crippen LogP contribution >= 0.6 is 0 Å². The largest absolute Gasteiger partial charge is 0.478 e. The van der Waals surface area contributed by atoms with Crippen LogP contribution in [0.4, 0.5) is 0 Å². The standard InChI is InChI=1S/C33H37N3O4/c1-19(27-18-34-28-4-2-3-26(30(27)28)22-9-10-22)11-29(37)36-24-12-21-13-25(36)16-33(14-21,15-24)32(40)35-17-20-5-7-23(8-6-20)31(38)39/h2-8,18-19,21-22,24-25,34H,9-17H2,1H3,(H,35,40)(H,38,39). The van der Waals surface area contributed by atoms with Gasteiger partial charge in [0.2, 0.25) is 11.8 Å². The third-order valence-corrected chi connectivity index (χ3v) is 10.2. The van der Waals surface area contributed by atoms with Crippen LogP contribution in [-0.2, 0) is 16.1 Å². The van der Waals surface area contributed by atoms with Gasteiger partial charge in [0, 0.05) is 42.1 Å². The number of carboxylic acids is 1. The van der Waals surface area contributed by atoms with Gasteiger partial charge in [-0.1, -0.05) is 31.2 Å². The van der Waals surface area contributed by atoms with Crippen molar-refractivity contribution in [3.8, 4) is 0 Å². The highest BCUT2D eigenvalue weighted by Gasteiger charge is 2.58. The molecule has 40 heavy (non-hydrogen) atoms. The minimum atomic E-state index is -0.956. The lowest BCUT2D eigenvalue weighted by Crippen LogP contribution is -2.66. The van der Waals surface area contributed by atoms with Crippen LogP contribution in [0.15, 0.2) is 48.7 Å². The molecule has 0 radical (unpaired) electrons. The van der Waals surface area contributed by atoms with Crippen LogP contribution in [0.1, 0.15) is 97.2 Å². The molecule has 3 N–H and O–H groups in total. The maximum absolute atomic E-state index is 13.8. The lowest BCUT2D eigenvalue weighted by Gasteiger charge is -2.60. The van der Waals surface area contributed by atoms with Gasteiger partial charge in [0.25, 0.3) is 0 Å². The molecule has 2 amide bonds. The first-order chi connectivity index (χ1) is 19.3. The molecule has 1 aromatic heterocycles. The number of carbonyl (C=O) groups is 3. The molecular weight excluding hydrogens is 502 g/mol. The van der Waals surface area contributed by atoms with Crippen molar-refractivity contribution in [2.75, 3.05) is 0 Å². The van der Waals surface area contributed by atoms with Crippen molar-refractivity contribution < 1.29 is 19.5 Å². The van der Waals surface area contributed by atoms with Crippen molar-refractivity contribution in [1.82, 2.24) is 15.2 Å². The number of hydrogen-bond acceptors (Lipinski definition) is 3. The fraction of sp³-hybridized carbons (Fsp3) is 0.485. The third kappa shape index (κ3) is 4.30. The van der Waals surface area contributed by atoms with Crippen molar-refractivity contribution in [2.24, 2.45) is 11.3 Å². The topological polar surface area (TPSA) is 102 Å². The van der Waals surface area contributed by atoms with E-state index in [0.29, 0.717) is 24.8 Å². The molecule has 4 bridgehead atoms. The smallest absolute Gasteiger partial charge is 0.335 e. The van der Waals surface area contributed by atoms with E-state index in [4.69, 9.17) is 5.11 Å². The van der Waals surface area contributed by atoms with Crippen molar-refractivity contribution in [2.45, 2.75) is 88.8 Å². The number of hydrogen-bond donors (Lipinski definition) is 3. The highest BCUT2D eigenvalue weighted by atomic mass is 16.4. The molecule has 5 aliphatic rings. The van der Waals surface area contributed by atoms with E-state index in [1.54, 1.807) is 24.3 Å². The van der Waals surface area contributed by atoms with E-state index in [-0.39, 0.29) is 35.4 Å². The molecule has 5 fully saturated rings.